The Hall–Kier alpha value is -1.78. The summed E-state index contributed by atoms with van der Waals surface area (Å²) in [7, 11) is 0. The molecule has 0 spiro atoms. The first-order chi connectivity index (χ1) is 8.52. The first-order valence-electron chi connectivity index (χ1n) is 6.38. The largest absolute Gasteiger partial charge is 0.383 e. The fraction of sp³-hybridized carbons (Fsp3) is 0.538. The number of nitrogen functional groups attached to an aromatic ring is 1. The van der Waals surface area contributed by atoms with Crippen LogP contribution in [0.1, 0.15) is 26.6 Å². The molecule has 98 valence electrons. The minimum absolute atomic E-state index is 0.548. The fourth-order valence-electron chi connectivity index (χ4n) is 2.05. The number of aryl methyl sites for hydroxylation is 2. The van der Waals surface area contributed by atoms with Gasteiger partial charge in [0.05, 0.1) is 6.20 Å². The second-order valence-corrected chi connectivity index (χ2v) is 4.98. The van der Waals surface area contributed by atoms with Gasteiger partial charge >= 0.3 is 0 Å². The Morgan fingerprint density at radius 2 is 2.11 bits per heavy atom. The van der Waals surface area contributed by atoms with E-state index in [4.69, 9.17) is 5.73 Å². The summed E-state index contributed by atoms with van der Waals surface area (Å²) >= 11 is 0. The molecular formula is C13H21N5. The fourth-order valence-corrected chi connectivity index (χ4v) is 2.05. The maximum absolute atomic E-state index is 6.20. The summed E-state index contributed by atoms with van der Waals surface area (Å²) in [4.78, 5) is 4.57. The van der Waals surface area contributed by atoms with Gasteiger partial charge in [0.1, 0.15) is 17.3 Å². The van der Waals surface area contributed by atoms with Crippen LogP contribution in [-0.2, 0) is 13.1 Å². The van der Waals surface area contributed by atoms with E-state index in [1.165, 1.54) is 0 Å². The van der Waals surface area contributed by atoms with E-state index in [2.05, 4.69) is 35.4 Å². The van der Waals surface area contributed by atoms with Crippen LogP contribution in [0, 0.1) is 12.8 Å². The number of rotatable bonds is 4. The Bertz CT molecular complexity index is 536. The second-order valence-electron chi connectivity index (χ2n) is 4.98. The van der Waals surface area contributed by atoms with Crippen LogP contribution in [0.4, 0.5) is 5.82 Å². The van der Waals surface area contributed by atoms with E-state index in [-0.39, 0.29) is 0 Å². The molecule has 2 aromatic rings. The van der Waals surface area contributed by atoms with Gasteiger partial charge in [-0.2, -0.15) is 5.10 Å². The molecule has 0 saturated heterocycles. The summed E-state index contributed by atoms with van der Waals surface area (Å²) in [5.41, 5.74) is 8.03. The average Bonchev–Trinajstić information content (AvgIpc) is 2.88. The highest BCUT2D eigenvalue weighted by molar-refractivity contribution is 5.69. The molecule has 2 aromatic heterocycles. The Labute approximate surface area is 108 Å². The van der Waals surface area contributed by atoms with E-state index in [1.807, 2.05) is 24.0 Å². The number of imidazole rings is 1. The maximum atomic E-state index is 6.20. The van der Waals surface area contributed by atoms with Gasteiger partial charge in [0, 0.05) is 24.8 Å². The molecule has 0 amide bonds. The molecule has 0 radical (unpaired) electrons. The first-order valence-corrected chi connectivity index (χ1v) is 6.38. The molecule has 5 heteroatoms. The third-order valence-electron chi connectivity index (χ3n) is 2.98. The zero-order valence-electron chi connectivity index (χ0n) is 11.5. The molecule has 0 unspecified atom stereocenters. The molecule has 2 rings (SSSR count). The number of nitrogens with zero attached hydrogens (tertiary/aromatic N) is 4. The molecule has 0 aliphatic carbocycles. The first kappa shape index (κ1) is 12.7. The molecule has 5 nitrogen and oxygen atoms in total. The van der Waals surface area contributed by atoms with Crippen molar-refractivity contribution in [2.75, 3.05) is 5.73 Å². The number of nitrogens with two attached hydrogens (primary N) is 1. The van der Waals surface area contributed by atoms with Crippen LogP contribution < -0.4 is 5.73 Å². The van der Waals surface area contributed by atoms with Gasteiger partial charge in [-0.3, -0.25) is 4.68 Å². The predicted molar refractivity (Wildman–Crippen MR) is 73.1 cm³/mol. The Balaban J connectivity index is 2.40. The quantitative estimate of drug-likeness (QED) is 0.901. The van der Waals surface area contributed by atoms with Gasteiger partial charge in [-0.15, -0.1) is 0 Å². The predicted octanol–water partition coefficient (Wildman–Crippen LogP) is 2.31. The SMILES string of the molecule is CCn1cc(-c2nc(C)n(CC(C)C)c2N)cn1. The molecule has 0 aliphatic rings. The van der Waals surface area contributed by atoms with Crippen LogP contribution in [0.25, 0.3) is 11.3 Å². The van der Waals surface area contributed by atoms with Crippen molar-refractivity contribution in [3.8, 4) is 11.3 Å². The molecule has 2 N–H and O–H groups in total. The average molecular weight is 247 g/mol. The standard InChI is InChI=1S/C13H21N5/c1-5-17-8-11(6-15-17)12-13(14)18(7-9(2)3)10(4)16-12/h6,8-9H,5,7,14H2,1-4H3. The molecule has 18 heavy (non-hydrogen) atoms. The highest BCUT2D eigenvalue weighted by Crippen LogP contribution is 2.26. The van der Waals surface area contributed by atoms with Gasteiger partial charge < -0.3 is 10.3 Å². The number of hydrogen-bond acceptors (Lipinski definition) is 3. The van der Waals surface area contributed by atoms with Crippen LogP contribution in [0.3, 0.4) is 0 Å². The topological polar surface area (TPSA) is 61.7 Å². The monoisotopic (exact) mass is 247 g/mol. The molecule has 0 bridgehead atoms. The normalized spacial score (nSPS) is 11.4. The summed E-state index contributed by atoms with van der Waals surface area (Å²) in [5.74, 6) is 2.24. The van der Waals surface area contributed by atoms with E-state index < -0.39 is 0 Å². The van der Waals surface area contributed by atoms with E-state index in [9.17, 15) is 0 Å². The van der Waals surface area contributed by atoms with Crippen LogP contribution in [0.5, 0.6) is 0 Å². The van der Waals surface area contributed by atoms with Crippen molar-refractivity contribution in [3.63, 3.8) is 0 Å². The zero-order chi connectivity index (χ0) is 13.3. The van der Waals surface area contributed by atoms with Crippen molar-refractivity contribution in [1.82, 2.24) is 19.3 Å². The van der Waals surface area contributed by atoms with E-state index in [0.29, 0.717) is 5.92 Å². The highest BCUT2D eigenvalue weighted by Gasteiger charge is 2.15. The van der Waals surface area contributed by atoms with Crippen LogP contribution in [0.15, 0.2) is 12.4 Å². The minimum Gasteiger partial charge on any atom is -0.383 e. The molecular weight excluding hydrogens is 226 g/mol. The Morgan fingerprint density at radius 1 is 1.39 bits per heavy atom. The minimum atomic E-state index is 0.548. The Morgan fingerprint density at radius 3 is 2.67 bits per heavy atom. The molecule has 0 saturated carbocycles. The Kier molecular flexibility index (Phi) is 3.41. The van der Waals surface area contributed by atoms with E-state index in [0.717, 1.165) is 36.0 Å². The highest BCUT2D eigenvalue weighted by atomic mass is 15.3. The maximum Gasteiger partial charge on any atom is 0.131 e. The van der Waals surface area contributed by atoms with E-state index in [1.54, 1.807) is 0 Å². The van der Waals surface area contributed by atoms with Gasteiger partial charge in [0.15, 0.2) is 0 Å². The lowest BCUT2D eigenvalue weighted by molar-refractivity contribution is 0.518. The van der Waals surface area contributed by atoms with Crippen molar-refractivity contribution < 1.29 is 0 Å². The number of anilines is 1. The van der Waals surface area contributed by atoms with Crippen LogP contribution >= 0.6 is 0 Å². The number of hydrogen-bond donors (Lipinski definition) is 1. The van der Waals surface area contributed by atoms with Crippen LogP contribution in [-0.4, -0.2) is 19.3 Å². The third kappa shape index (κ3) is 2.25. The van der Waals surface area contributed by atoms with Crippen molar-refractivity contribution in [1.29, 1.82) is 0 Å². The lowest BCUT2D eigenvalue weighted by atomic mass is 10.2. The lowest BCUT2D eigenvalue weighted by Crippen LogP contribution is -2.09. The summed E-state index contributed by atoms with van der Waals surface area (Å²) < 4.78 is 3.95. The van der Waals surface area contributed by atoms with Gasteiger partial charge in [-0.05, 0) is 19.8 Å². The summed E-state index contributed by atoms with van der Waals surface area (Å²) in [6.45, 7) is 10.1. The van der Waals surface area contributed by atoms with Crippen molar-refractivity contribution in [3.05, 3.63) is 18.2 Å². The summed E-state index contributed by atoms with van der Waals surface area (Å²) in [5, 5.41) is 4.26. The molecule has 0 aromatic carbocycles. The lowest BCUT2D eigenvalue weighted by Gasteiger charge is -2.10. The van der Waals surface area contributed by atoms with Gasteiger partial charge in [0.25, 0.3) is 0 Å². The zero-order valence-corrected chi connectivity index (χ0v) is 11.5. The molecule has 0 aliphatic heterocycles. The number of aromatic nitrogens is 4. The summed E-state index contributed by atoms with van der Waals surface area (Å²) in [6.07, 6.45) is 3.80. The second kappa shape index (κ2) is 4.84. The molecule has 2 heterocycles. The van der Waals surface area contributed by atoms with Gasteiger partial charge in [-0.25, -0.2) is 4.98 Å². The third-order valence-corrected chi connectivity index (χ3v) is 2.98. The van der Waals surface area contributed by atoms with Gasteiger partial charge in [0.2, 0.25) is 0 Å². The summed E-state index contributed by atoms with van der Waals surface area (Å²) in [6, 6.07) is 0. The van der Waals surface area contributed by atoms with Gasteiger partial charge in [-0.1, -0.05) is 13.8 Å². The van der Waals surface area contributed by atoms with Crippen molar-refractivity contribution >= 4 is 5.82 Å². The smallest absolute Gasteiger partial charge is 0.131 e. The van der Waals surface area contributed by atoms with E-state index >= 15 is 0 Å². The van der Waals surface area contributed by atoms with Crippen molar-refractivity contribution in [2.45, 2.75) is 40.8 Å². The molecule has 0 atom stereocenters. The van der Waals surface area contributed by atoms with Crippen molar-refractivity contribution in [2.24, 2.45) is 5.92 Å². The molecule has 0 fully saturated rings. The van der Waals surface area contributed by atoms with Crippen LogP contribution in [0.2, 0.25) is 0 Å².